The van der Waals surface area contributed by atoms with Crippen LogP contribution in [-0.2, 0) is 10.0 Å². The van der Waals surface area contributed by atoms with Crippen molar-refractivity contribution in [3.05, 3.63) is 35.4 Å². The Kier molecular flexibility index (Phi) is 6.21. The number of rotatable bonds is 8. The molecule has 0 aromatic heterocycles. The molecule has 1 saturated carbocycles. The molecule has 0 radical (unpaired) electrons. The van der Waals surface area contributed by atoms with Crippen molar-refractivity contribution >= 4 is 34.2 Å². The minimum atomic E-state index is -3.46. The van der Waals surface area contributed by atoms with Gasteiger partial charge in [-0.1, -0.05) is 12.1 Å². The first-order valence-electron chi connectivity index (χ1n) is 8.07. The number of nitrogens with one attached hydrogen (secondary N) is 1. The number of hydrogen-bond acceptors (Lipinski definition) is 5. The highest BCUT2D eigenvalue weighted by molar-refractivity contribution is 7.89. The number of sulfonamides is 1. The molecule has 0 bridgehead atoms. The van der Waals surface area contributed by atoms with Crippen LogP contribution in [0.3, 0.4) is 0 Å². The molecular formula is C16H22ClN3O4S. The third-order valence-electron chi connectivity index (χ3n) is 4.44. The molecule has 1 aromatic rings. The number of carbonyl (C=O) groups excluding carboxylic acids is 2. The van der Waals surface area contributed by atoms with Crippen LogP contribution >= 0.6 is 12.4 Å². The molecule has 3 N–H and O–H groups in total. The van der Waals surface area contributed by atoms with Gasteiger partial charge in [0.25, 0.3) is 11.8 Å². The number of benzene rings is 1. The minimum Gasteiger partial charge on any atom is -0.326 e. The highest BCUT2D eigenvalue weighted by Crippen LogP contribution is 2.31. The highest BCUT2D eigenvalue weighted by atomic mass is 35.5. The number of hydrogen-bond donors (Lipinski definition) is 2. The van der Waals surface area contributed by atoms with Crippen molar-refractivity contribution in [2.75, 3.05) is 18.8 Å². The lowest BCUT2D eigenvalue weighted by Gasteiger charge is -2.15. The quantitative estimate of drug-likeness (QED) is 0.639. The zero-order chi connectivity index (χ0) is 17.3. The third kappa shape index (κ3) is 4.58. The molecule has 138 valence electrons. The molecule has 3 rings (SSSR count). The molecule has 7 nitrogen and oxygen atoms in total. The average molecular weight is 388 g/mol. The Balaban J connectivity index is 0.00000225. The Morgan fingerprint density at radius 3 is 2.24 bits per heavy atom. The first kappa shape index (κ1) is 19.8. The Bertz CT molecular complexity index is 729. The lowest BCUT2D eigenvalue weighted by atomic mass is 10.1. The van der Waals surface area contributed by atoms with E-state index < -0.39 is 10.0 Å². The molecule has 1 aromatic carbocycles. The van der Waals surface area contributed by atoms with Gasteiger partial charge in [0.2, 0.25) is 10.0 Å². The fourth-order valence-electron chi connectivity index (χ4n) is 2.84. The number of carbonyl (C=O) groups is 2. The molecule has 25 heavy (non-hydrogen) atoms. The Labute approximate surface area is 153 Å². The summed E-state index contributed by atoms with van der Waals surface area (Å²) in [6, 6.07) is 6.46. The number of nitrogens with two attached hydrogens (primary N) is 1. The van der Waals surface area contributed by atoms with E-state index in [1.165, 1.54) is 0 Å². The molecule has 1 atom stereocenters. The standard InChI is InChI=1S/C16H21N3O4S.ClH/c17-14(11-6-7-11)10-18-24(22,23)9-3-8-19-15(20)12-4-1-2-5-13(12)16(19)21;/h1-2,4-5,11,14,18H,3,6-10,17H2;1H. The monoisotopic (exact) mass is 387 g/mol. The van der Waals surface area contributed by atoms with Gasteiger partial charge in [-0.05, 0) is 37.3 Å². The van der Waals surface area contributed by atoms with Gasteiger partial charge in [0.05, 0.1) is 16.9 Å². The van der Waals surface area contributed by atoms with E-state index in [1.54, 1.807) is 24.3 Å². The fourth-order valence-corrected chi connectivity index (χ4v) is 3.94. The summed E-state index contributed by atoms with van der Waals surface area (Å²) >= 11 is 0. The molecular weight excluding hydrogens is 366 g/mol. The fraction of sp³-hybridized carbons (Fsp3) is 0.500. The summed E-state index contributed by atoms with van der Waals surface area (Å²) < 4.78 is 26.5. The Morgan fingerprint density at radius 1 is 1.16 bits per heavy atom. The lowest BCUT2D eigenvalue weighted by molar-refractivity contribution is 0.0654. The van der Waals surface area contributed by atoms with Gasteiger partial charge in [0, 0.05) is 19.1 Å². The molecule has 1 heterocycles. The van der Waals surface area contributed by atoms with Crippen LogP contribution in [0, 0.1) is 5.92 Å². The van der Waals surface area contributed by atoms with Crippen LogP contribution in [0.5, 0.6) is 0 Å². The van der Waals surface area contributed by atoms with Crippen LogP contribution in [0.15, 0.2) is 24.3 Å². The molecule has 1 aliphatic heterocycles. The lowest BCUT2D eigenvalue weighted by Crippen LogP contribution is -2.40. The summed E-state index contributed by atoms with van der Waals surface area (Å²) in [5, 5.41) is 0. The largest absolute Gasteiger partial charge is 0.326 e. The van der Waals surface area contributed by atoms with Gasteiger partial charge in [0.1, 0.15) is 0 Å². The third-order valence-corrected chi connectivity index (χ3v) is 5.87. The summed E-state index contributed by atoms with van der Waals surface area (Å²) in [5.41, 5.74) is 6.62. The van der Waals surface area contributed by atoms with Crippen LogP contribution in [0.4, 0.5) is 0 Å². The predicted octanol–water partition coefficient (Wildman–Crippen LogP) is 0.751. The van der Waals surface area contributed by atoms with Crippen LogP contribution in [-0.4, -0.2) is 50.0 Å². The maximum atomic E-state index is 12.2. The number of nitrogens with zero attached hydrogens (tertiary/aromatic N) is 1. The van der Waals surface area contributed by atoms with Crippen LogP contribution in [0.2, 0.25) is 0 Å². The Morgan fingerprint density at radius 2 is 1.72 bits per heavy atom. The van der Waals surface area contributed by atoms with Gasteiger partial charge < -0.3 is 5.73 Å². The number of imide groups is 1. The van der Waals surface area contributed by atoms with E-state index in [0.717, 1.165) is 17.7 Å². The van der Waals surface area contributed by atoms with Crippen molar-refractivity contribution in [2.24, 2.45) is 11.7 Å². The summed E-state index contributed by atoms with van der Waals surface area (Å²) in [7, 11) is -3.46. The SMILES string of the molecule is Cl.NC(CNS(=O)(=O)CCCN1C(=O)c2ccccc2C1=O)C1CC1. The van der Waals surface area contributed by atoms with Crippen molar-refractivity contribution in [1.29, 1.82) is 0 Å². The Hall–Kier alpha value is -1.48. The molecule has 1 fully saturated rings. The summed E-state index contributed by atoms with van der Waals surface area (Å²) in [6.45, 7) is 0.321. The highest BCUT2D eigenvalue weighted by Gasteiger charge is 2.35. The maximum absolute atomic E-state index is 12.2. The van der Waals surface area contributed by atoms with Crippen LogP contribution < -0.4 is 10.5 Å². The first-order valence-corrected chi connectivity index (χ1v) is 9.72. The van der Waals surface area contributed by atoms with Gasteiger partial charge in [-0.25, -0.2) is 13.1 Å². The second-order valence-electron chi connectivity index (χ2n) is 6.33. The number of halogens is 1. The maximum Gasteiger partial charge on any atom is 0.261 e. The van der Waals surface area contributed by atoms with Crippen molar-refractivity contribution < 1.29 is 18.0 Å². The smallest absolute Gasteiger partial charge is 0.261 e. The number of fused-ring (bicyclic) bond motifs is 1. The van der Waals surface area contributed by atoms with E-state index in [0.29, 0.717) is 17.0 Å². The molecule has 2 aliphatic rings. The van der Waals surface area contributed by atoms with Crippen molar-refractivity contribution in [2.45, 2.75) is 25.3 Å². The molecule has 9 heteroatoms. The van der Waals surface area contributed by atoms with Crippen LogP contribution in [0.1, 0.15) is 40.0 Å². The second kappa shape index (κ2) is 7.82. The molecule has 2 amide bonds. The van der Waals surface area contributed by atoms with E-state index in [4.69, 9.17) is 5.73 Å². The van der Waals surface area contributed by atoms with Gasteiger partial charge in [-0.2, -0.15) is 0 Å². The van der Waals surface area contributed by atoms with E-state index in [1.807, 2.05) is 0 Å². The predicted molar refractivity (Wildman–Crippen MR) is 96.2 cm³/mol. The van der Waals surface area contributed by atoms with Crippen LogP contribution in [0.25, 0.3) is 0 Å². The zero-order valence-corrected chi connectivity index (χ0v) is 15.3. The second-order valence-corrected chi connectivity index (χ2v) is 8.26. The normalized spacial score (nSPS) is 18.0. The number of amides is 2. The van der Waals surface area contributed by atoms with Gasteiger partial charge in [-0.3, -0.25) is 14.5 Å². The summed E-state index contributed by atoms with van der Waals surface area (Å²) in [6.07, 6.45) is 2.31. The first-order chi connectivity index (χ1) is 11.4. The summed E-state index contributed by atoms with van der Waals surface area (Å²) in [5.74, 6) is -0.447. The minimum absolute atomic E-state index is 0. The van der Waals surface area contributed by atoms with Crippen molar-refractivity contribution in [3.8, 4) is 0 Å². The zero-order valence-electron chi connectivity index (χ0n) is 13.7. The van der Waals surface area contributed by atoms with E-state index in [-0.39, 0.29) is 55.5 Å². The van der Waals surface area contributed by atoms with Crippen molar-refractivity contribution in [1.82, 2.24) is 9.62 Å². The van der Waals surface area contributed by atoms with Crippen molar-refractivity contribution in [3.63, 3.8) is 0 Å². The topological polar surface area (TPSA) is 110 Å². The molecule has 1 unspecified atom stereocenters. The molecule has 0 saturated heterocycles. The van der Waals surface area contributed by atoms with E-state index in [9.17, 15) is 18.0 Å². The molecule has 0 spiro atoms. The van der Waals surface area contributed by atoms with E-state index >= 15 is 0 Å². The average Bonchev–Trinajstić information content (AvgIpc) is 3.37. The van der Waals surface area contributed by atoms with E-state index in [2.05, 4.69) is 4.72 Å². The van der Waals surface area contributed by atoms with Gasteiger partial charge in [-0.15, -0.1) is 12.4 Å². The summed E-state index contributed by atoms with van der Waals surface area (Å²) in [4.78, 5) is 25.5. The van der Waals surface area contributed by atoms with Gasteiger partial charge >= 0.3 is 0 Å². The van der Waals surface area contributed by atoms with Gasteiger partial charge in [0.15, 0.2) is 0 Å². The molecule has 1 aliphatic carbocycles.